The molecule has 3 N–H and O–H groups in total. The van der Waals surface area contributed by atoms with Crippen molar-refractivity contribution in [2.75, 3.05) is 5.73 Å². The number of unbranched alkanes of at least 4 members (excludes halogenated alkanes) is 2. The van der Waals surface area contributed by atoms with Crippen LogP contribution in [0.5, 0.6) is 0 Å². The number of nitrogens with two attached hydrogens (primary N) is 1. The van der Waals surface area contributed by atoms with E-state index in [1.54, 1.807) is 6.26 Å². The molecule has 1 aromatic carbocycles. The lowest BCUT2D eigenvalue weighted by molar-refractivity contribution is -0.137. The Kier molecular flexibility index (Phi) is 4.76. The summed E-state index contributed by atoms with van der Waals surface area (Å²) in [7, 11) is 0. The van der Waals surface area contributed by atoms with E-state index in [1.165, 1.54) is 0 Å². The van der Waals surface area contributed by atoms with Crippen LogP contribution >= 0.6 is 0 Å². The minimum atomic E-state index is -0.747. The van der Waals surface area contributed by atoms with E-state index in [0.717, 1.165) is 24.1 Å². The van der Waals surface area contributed by atoms with Gasteiger partial charge in [0.05, 0.1) is 0 Å². The second kappa shape index (κ2) is 6.75. The highest BCUT2D eigenvalue weighted by Gasteiger charge is 2.08. The number of aromatic nitrogens is 1. The van der Waals surface area contributed by atoms with E-state index < -0.39 is 5.97 Å². The summed E-state index contributed by atoms with van der Waals surface area (Å²) < 4.78 is 5.42. The van der Waals surface area contributed by atoms with Gasteiger partial charge >= 0.3 is 5.97 Å². The lowest BCUT2D eigenvalue weighted by atomic mass is 10.1. The number of oxazole rings is 1. The number of para-hydroxylation sites is 1. The van der Waals surface area contributed by atoms with Gasteiger partial charge < -0.3 is 15.3 Å². The molecule has 2 aromatic rings. The summed E-state index contributed by atoms with van der Waals surface area (Å²) >= 11 is 0. The smallest absolute Gasteiger partial charge is 0.303 e. The Labute approximate surface area is 117 Å². The van der Waals surface area contributed by atoms with Gasteiger partial charge in [-0.3, -0.25) is 4.79 Å². The number of aliphatic carboxylic acids is 1. The van der Waals surface area contributed by atoms with Crippen LogP contribution in [0.3, 0.4) is 0 Å². The van der Waals surface area contributed by atoms with Gasteiger partial charge in [0.25, 0.3) is 0 Å². The number of carboxylic acids is 1. The Morgan fingerprint density at radius 3 is 2.80 bits per heavy atom. The summed E-state index contributed by atoms with van der Waals surface area (Å²) in [5.41, 5.74) is 8.18. The number of hydrogen-bond acceptors (Lipinski definition) is 4. The van der Waals surface area contributed by atoms with Gasteiger partial charge in [0.1, 0.15) is 12.0 Å². The summed E-state index contributed by atoms with van der Waals surface area (Å²) in [5, 5.41) is 8.54. The maximum absolute atomic E-state index is 10.4. The number of carboxylic acid groups (broad SMARTS) is 1. The van der Waals surface area contributed by atoms with Crippen LogP contribution in [-0.4, -0.2) is 16.1 Å². The summed E-state index contributed by atoms with van der Waals surface area (Å²) in [6.07, 6.45) is 4.96. The largest absolute Gasteiger partial charge is 0.481 e. The molecule has 0 bridgehead atoms. The van der Waals surface area contributed by atoms with E-state index in [1.807, 2.05) is 24.3 Å². The van der Waals surface area contributed by atoms with E-state index in [-0.39, 0.29) is 6.42 Å². The van der Waals surface area contributed by atoms with Crippen LogP contribution in [0.1, 0.15) is 31.6 Å². The minimum absolute atomic E-state index is 0.220. The molecule has 0 radical (unpaired) electrons. The lowest BCUT2D eigenvalue weighted by Crippen LogP contribution is -1.94. The molecule has 0 saturated heterocycles. The van der Waals surface area contributed by atoms with Crippen molar-refractivity contribution in [2.24, 2.45) is 0 Å². The Bertz CT molecular complexity index is 578. The van der Waals surface area contributed by atoms with Crippen molar-refractivity contribution in [1.82, 2.24) is 4.98 Å². The second-order valence-electron chi connectivity index (χ2n) is 4.67. The van der Waals surface area contributed by atoms with E-state index in [4.69, 9.17) is 15.3 Å². The van der Waals surface area contributed by atoms with E-state index >= 15 is 0 Å². The van der Waals surface area contributed by atoms with Crippen molar-refractivity contribution in [2.45, 2.75) is 32.1 Å². The third kappa shape index (κ3) is 3.85. The topological polar surface area (TPSA) is 89.3 Å². The number of anilines is 1. The molecule has 0 atom stereocenters. The first-order valence-corrected chi connectivity index (χ1v) is 6.68. The molecule has 1 heterocycles. The molecule has 0 fully saturated rings. The number of carbonyl (C=O) groups is 1. The SMILES string of the molecule is Nc1ccccc1-c1coc(CCCCCC(=O)O)n1. The van der Waals surface area contributed by atoms with E-state index in [9.17, 15) is 4.79 Å². The Morgan fingerprint density at radius 2 is 2.05 bits per heavy atom. The van der Waals surface area contributed by atoms with Crippen LogP contribution < -0.4 is 5.73 Å². The maximum Gasteiger partial charge on any atom is 0.303 e. The summed E-state index contributed by atoms with van der Waals surface area (Å²) in [5.74, 6) is -0.0819. The highest BCUT2D eigenvalue weighted by Crippen LogP contribution is 2.25. The fraction of sp³-hybridized carbons (Fsp3) is 0.333. The minimum Gasteiger partial charge on any atom is -0.481 e. The molecule has 0 amide bonds. The molecular formula is C15H18N2O3. The van der Waals surface area contributed by atoms with Crippen LogP contribution in [0.4, 0.5) is 5.69 Å². The van der Waals surface area contributed by atoms with Gasteiger partial charge in [-0.1, -0.05) is 24.6 Å². The highest BCUT2D eigenvalue weighted by molar-refractivity contribution is 5.72. The van der Waals surface area contributed by atoms with Crippen molar-refractivity contribution in [3.63, 3.8) is 0 Å². The zero-order valence-corrected chi connectivity index (χ0v) is 11.2. The number of nitrogen functional groups attached to an aromatic ring is 1. The molecule has 0 spiro atoms. The van der Waals surface area contributed by atoms with Gasteiger partial charge in [0.15, 0.2) is 5.89 Å². The molecule has 5 nitrogen and oxygen atoms in total. The van der Waals surface area contributed by atoms with Crippen molar-refractivity contribution >= 4 is 11.7 Å². The fourth-order valence-corrected chi connectivity index (χ4v) is 2.01. The predicted octanol–water partition coefficient (Wildman–Crippen LogP) is 3.11. The highest BCUT2D eigenvalue weighted by atomic mass is 16.4. The number of benzene rings is 1. The Morgan fingerprint density at radius 1 is 1.25 bits per heavy atom. The molecular weight excluding hydrogens is 256 g/mol. The zero-order valence-electron chi connectivity index (χ0n) is 11.2. The molecule has 20 heavy (non-hydrogen) atoms. The molecule has 0 unspecified atom stereocenters. The molecule has 1 aromatic heterocycles. The molecule has 0 aliphatic carbocycles. The van der Waals surface area contributed by atoms with Crippen LogP contribution in [0, 0.1) is 0 Å². The van der Waals surface area contributed by atoms with Gasteiger partial charge in [0, 0.05) is 24.1 Å². The van der Waals surface area contributed by atoms with Crippen LogP contribution in [0.15, 0.2) is 34.9 Å². The van der Waals surface area contributed by atoms with Crippen molar-refractivity contribution < 1.29 is 14.3 Å². The van der Waals surface area contributed by atoms with E-state index in [0.29, 0.717) is 24.4 Å². The first-order valence-electron chi connectivity index (χ1n) is 6.68. The Hall–Kier alpha value is -2.30. The first kappa shape index (κ1) is 14.1. The lowest BCUT2D eigenvalue weighted by Gasteiger charge is -1.99. The standard InChI is InChI=1S/C15H18N2O3/c16-12-7-5-4-6-11(12)13-10-20-14(17-13)8-2-1-3-9-15(18)19/h4-7,10H,1-3,8-9,16H2,(H,18,19). The normalized spacial score (nSPS) is 10.6. The number of aryl methyl sites for hydroxylation is 1. The van der Waals surface area contributed by atoms with Crippen LogP contribution in [0.25, 0.3) is 11.3 Å². The summed E-state index contributed by atoms with van der Waals surface area (Å²) in [4.78, 5) is 14.8. The number of rotatable bonds is 7. The molecule has 0 aliphatic rings. The zero-order chi connectivity index (χ0) is 14.4. The van der Waals surface area contributed by atoms with Crippen LogP contribution in [0.2, 0.25) is 0 Å². The maximum atomic E-state index is 10.4. The number of nitrogens with zero attached hydrogens (tertiary/aromatic N) is 1. The van der Waals surface area contributed by atoms with Crippen molar-refractivity contribution in [1.29, 1.82) is 0 Å². The van der Waals surface area contributed by atoms with Gasteiger partial charge in [0.2, 0.25) is 0 Å². The second-order valence-corrected chi connectivity index (χ2v) is 4.67. The molecule has 2 rings (SSSR count). The van der Waals surface area contributed by atoms with Crippen molar-refractivity contribution in [3.05, 3.63) is 36.4 Å². The third-order valence-electron chi connectivity index (χ3n) is 3.07. The van der Waals surface area contributed by atoms with Gasteiger partial charge in [-0.25, -0.2) is 4.98 Å². The van der Waals surface area contributed by atoms with Gasteiger partial charge in [-0.15, -0.1) is 0 Å². The first-order chi connectivity index (χ1) is 9.66. The average Bonchev–Trinajstić information content (AvgIpc) is 2.87. The van der Waals surface area contributed by atoms with Gasteiger partial charge in [-0.2, -0.15) is 0 Å². The molecule has 5 heteroatoms. The summed E-state index contributed by atoms with van der Waals surface area (Å²) in [6, 6.07) is 7.52. The molecule has 106 valence electrons. The van der Waals surface area contributed by atoms with Gasteiger partial charge in [-0.05, 0) is 18.9 Å². The van der Waals surface area contributed by atoms with Crippen molar-refractivity contribution in [3.8, 4) is 11.3 Å². The average molecular weight is 274 g/mol. The molecule has 0 saturated carbocycles. The Balaban J connectivity index is 1.87. The fourth-order valence-electron chi connectivity index (χ4n) is 2.01. The molecule has 0 aliphatic heterocycles. The predicted molar refractivity (Wildman–Crippen MR) is 76.2 cm³/mol. The van der Waals surface area contributed by atoms with Crippen LogP contribution in [-0.2, 0) is 11.2 Å². The quantitative estimate of drug-likeness (QED) is 0.598. The van der Waals surface area contributed by atoms with E-state index in [2.05, 4.69) is 4.98 Å². The number of hydrogen-bond donors (Lipinski definition) is 2. The third-order valence-corrected chi connectivity index (χ3v) is 3.07. The monoisotopic (exact) mass is 274 g/mol. The summed E-state index contributed by atoms with van der Waals surface area (Å²) in [6.45, 7) is 0.